The number of carbonyl (C=O) groups excluding carboxylic acids is 1. The van der Waals surface area contributed by atoms with Crippen molar-refractivity contribution < 1.29 is 9.90 Å². The Balaban J connectivity index is 1.94. The molecule has 4 N–H and O–H groups in total. The molecule has 1 aromatic rings. The fraction of sp³-hybridized carbons (Fsp3) is 0.533. The van der Waals surface area contributed by atoms with E-state index in [4.69, 9.17) is 5.73 Å². The topological polar surface area (TPSA) is 75.3 Å². The Hall–Kier alpha value is -1.71. The summed E-state index contributed by atoms with van der Waals surface area (Å²) in [6.45, 7) is 5.10. The molecule has 1 amide bonds. The van der Waals surface area contributed by atoms with Gasteiger partial charge in [0.05, 0.1) is 5.56 Å². The van der Waals surface area contributed by atoms with Gasteiger partial charge in [-0.1, -0.05) is 26.7 Å². The maximum absolute atomic E-state index is 12.0. The molecule has 1 unspecified atom stereocenters. The first-order valence-corrected chi connectivity index (χ1v) is 6.89. The Kier molecular flexibility index (Phi) is 3.69. The van der Waals surface area contributed by atoms with Crippen molar-refractivity contribution in [2.45, 2.75) is 33.1 Å². The van der Waals surface area contributed by atoms with Crippen LogP contribution in [0, 0.1) is 11.3 Å². The van der Waals surface area contributed by atoms with Crippen molar-refractivity contribution in [1.29, 1.82) is 0 Å². The first-order chi connectivity index (χ1) is 9.02. The van der Waals surface area contributed by atoms with E-state index in [2.05, 4.69) is 19.2 Å². The summed E-state index contributed by atoms with van der Waals surface area (Å²) in [6, 6.07) is 4.43. The van der Waals surface area contributed by atoms with Crippen molar-refractivity contribution in [3.05, 3.63) is 23.8 Å². The van der Waals surface area contributed by atoms with Gasteiger partial charge in [0.2, 0.25) is 0 Å². The normalized spacial score (nSPS) is 20.0. The van der Waals surface area contributed by atoms with Gasteiger partial charge in [-0.15, -0.1) is 0 Å². The number of benzene rings is 1. The van der Waals surface area contributed by atoms with Crippen molar-refractivity contribution >= 4 is 11.6 Å². The molecule has 1 atom stereocenters. The summed E-state index contributed by atoms with van der Waals surface area (Å²) in [5.41, 5.74) is 6.91. The number of carbonyl (C=O) groups is 1. The molecule has 104 valence electrons. The molecule has 0 spiro atoms. The number of nitrogens with two attached hydrogens (primary N) is 1. The SMILES string of the molecule is CCC1(CC)CC1CNC(=O)c1cc(O)ccc1N. The van der Waals surface area contributed by atoms with Gasteiger partial charge in [0, 0.05) is 12.2 Å². The molecule has 19 heavy (non-hydrogen) atoms. The highest BCUT2D eigenvalue weighted by Crippen LogP contribution is 2.57. The van der Waals surface area contributed by atoms with E-state index in [9.17, 15) is 9.90 Å². The van der Waals surface area contributed by atoms with Crippen molar-refractivity contribution in [1.82, 2.24) is 5.32 Å². The molecule has 0 radical (unpaired) electrons. The minimum Gasteiger partial charge on any atom is -0.508 e. The van der Waals surface area contributed by atoms with Gasteiger partial charge in [-0.3, -0.25) is 4.79 Å². The molecule has 4 nitrogen and oxygen atoms in total. The third-order valence-corrected chi connectivity index (χ3v) is 4.56. The zero-order valence-corrected chi connectivity index (χ0v) is 11.6. The number of anilines is 1. The van der Waals surface area contributed by atoms with Gasteiger partial charge in [0.1, 0.15) is 5.75 Å². The highest BCUT2D eigenvalue weighted by Gasteiger charge is 2.50. The lowest BCUT2D eigenvalue weighted by atomic mass is 9.97. The predicted octanol–water partition coefficient (Wildman–Crippen LogP) is 2.53. The summed E-state index contributed by atoms with van der Waals surface area (Å²) in [6.07, 6.45) is 3.52. The van der Waals surface area contributed by atoms with Gasteiger partial charge in [-0.2, -0.15) is 0 Å². The van der Waals surface area contributed by atoms with Crippen molar-refractivity contribution in [2.75, 3.05) is 12.3 Å². The van der Waals surface area contributed by atoms with Crippen LogP contribution in [0.3, 0.4) is 0 Å². The van der Waals surface area contributed by atoms with E-state index in [0.717, 1.165) is 12.8 Å². The van der Waals surface area contributed by atoms with Crippen molar-refractivity contribution in [2.24, 2.45) is 11.3 Å². The van der Waals surface area contributed by atoms with E-state index in [1.807, 2.05) is 0 Å². The average molecular weight is 262 g/mol. The Bertz CT molecular complexity index is 481. The van der Waals surface area contributed by atoms with Gasteiger partial charge >= 0.3 is 0 Å². The Morgan fingerprint density at radius 3 is 2.74 bits per heavy atom. The van der Waals surface area contributed by atoms with E-state index >= 15 is 0 Å². The standard InChI is InChI=1S/C15H22N2O2/c1-3-15(4-2)8-10(15)9-17-14(19)12-7-11(18)5-6-13(12)16/h5-7,10,18H,3-4,8-9,16H2,1-2H3,(H,17,19). The molecule has 1 aliphatic rings. The molecular formula is C15H22N2O2. The first-order valence-electron chi connectivity index (χ1n) is 6.89. The number of amides is 1. The summed E-state index contributed by atoms with van der Waals surface area (Å²) in [5, 5.41) is 12.3. The maximum atomic E-state index is 12.0. The number of nitrogen functional groups attached to an aromatic ring is 1. The summed E-state index contributed by atoms with van der Waals surface area (Å²) >= 11 is 0. The quantitative estimate of drug-likeness (QED) is 0.564. The molecule has 1 saturated carbocycles. The second kappa shape index (κ2) is 5.11. The summed E-state index contributed by atoms with van der Waals surface area (Å²) in [7, 11) is 0. The third kappa shape index (κ3) is 2.67. The van der Waals surface area contributed by atoms with Gasteiger partial charge in [0.25, 0.3) is 5.91 Å². The van der Waals surface area contributed by atoms with Gasteiger partial charge in [-0.05, 0) is 36.0 Å². The minimum absolute atomic E-state index is 0.0576. The molecule has 0 bridgehead atoms. The summed E-state index contributed by atoms with van der Waals surface area (Å²) in [4.78, 5) is 12.0. The van der Waals surface area contributed by atoms with Crippen LogP contribution in [-0.2, 0) is 0 Å². The number of rotatable bonds is 5. The Labute approximate surface area is 114 Å². The second-order valence-corrected chi connectivity index (χ2v) is 5.45. The van der Waals surface area contributed by atoms with Crippen LogP contribution in [0.5, 0.6) is 5.75 Å². The molecule has 0 heterocycles. The van der Waals surface area contributed by atoms with Crippen LogP contribution < -0.4 is 11.1 Å². The second-order valence-electron chi connectivity index (χ2n) is 5.45. The highest BCUT2D eigenvalue weighted by molar-refractivity contribution is 5.99. The van der Waals surface area contributed by atoms with Crippen LogP contribution in [0.2, 0.25) is 0 Å². The molecule has 1 aliphatic carbocycles. The van der Waals surface area contributed by atoms with E-state index in [-0.39, 0.29) is 11.7 Å². The third-order valence-electron chi connectivity index (χ3n) is 4.56. The van der Waals surface area contributed by atoms with Gasteiger partial charge < -0.3 is 16.2 Å². The lowest BCUT2D eigenvalue weighted by Crippen LogP contribution is -2.27. The van der Waals surface area contributed by atoms with Crippen LogP contribution in [0.25, 0.3) is 0 Å². The van der Waals surface area contributed by atoms with Gasteiger partial charge in [0.15, 0.2) is 0 Å². The number of hydrogen-bond donors (Lipinski definition) is 3. The Morgan fingerprint density at radius 1 is 1.47 bits per heavy atom. The summed E-state index contributed by atoms with van der Waals surface area (Å²) < 4.78 is 0. The Morgan fingerprint density at radius 2 is 2.16 bits per heavy atom. The molecular weight excluding hydrogens is 240 g/mol. The zero-order valence-electron chi connectivity index (χ0n) is 11.6. The fourth-order valence-electron chi connectivity index (χ4n) is 2.89. The lowest BCUT2D eigenvalue weighted by molar-refractivity contribution is 0.0950. The monoisotopic (exact) mass is 262 g/mol. The van der Waals surface area contributed by atoms with Crippen LogP contribution >= 0.6 is 0 Å². The molecule has 0 saturated heterocycles. The van der Waals surface area contributed by atoms with Crippen molar-refractivity contribution in [3.8, 4) is 5.75 Å². The number of aromatic hydroxyl groups is 1. The largest absolute Gasteiger partial charge is 0.508 e. The average Bonchev–Trinajstić information content (AvgIpc) is 3.13. The number of phenolic OH excluding ortho intramolecular Hbond substituents is 1. The number of hydrogen-bond acceptors (Lipinski definition) is 3. The minimum atomic E-state index is -0.207. The van der Waals surface area contributed by atoms with Crippen LogP contribution in [-0.4, -0.2) is 17.6 Å². The predicted molar refractivity (Wildman–Crippen MR) is 76.0 cm³/mol. The number of nitrogens with one attached hydrogen (secondary N) is 1. The van der Waals surface area contributed by atoms with E-state index < -0.39 is 0 Å². The smallest absolute Gasteiger partial charge is 0.253 e. The van der Waals surface area contributed by atoms with Gasteiger partial charge in [-0.25, -0.2) is 0 Å². The first kappa shape index (κ1) is 13.7. The number of phenols is 1. The van der Waals surface area contributed by atoms with Crippen molar-refractivity contribution in [3.63, 3.8) is 0 Å². The lowest BCUT2D eigenvalue weighted by Gasteiger charge is -2.13. The van der Waals surface area contributed by atoms with Crippen LogP contribution in [0.15, 0.2) is 18.2 Å². The van der Waals surface area contributed by atoms with E-state index in [1.165, 1.54) is 18.6 Å². The maximum Gasteiger partial charge on any atom is 0.253 e. The molecule has 4 heteroatoms. The molecule has 0 aliphatic heterocycles. The fourth-order valence-corrected chi connectivity index (χ4v) is 2.89. The summed E-state index contributed by atoms with van der Waals surface area (Å²) in [5.74, 6) is 0.425. The highest BCUT2D eigenvalue weighted by atomic mass is 16.3. The zero-order chi connectivity index (χ0) is 14.0. The van der Waals surface area contributed by atoms with E-state index in [1.54, 1.807) is 6.07 Å². The molecule has 2 rings (SSSR count). The van der Waals surface area contributed by atoms with Crippen LogP contribution in [0.4, 0.5) is 5.69 Å². The molecule has 0 aromatic heterocycles. The van der Waals surface area contributed by atoms with E-state index in [0.29, 0.717) is 29.1 Å². The van der Waals surface area contributed by atoms with Crippen LogP contribution in [0.1, 0.15) is 43.5 Å². The molecule has 1 fully saturated rings. The molecule has 1 aromatic carbocycles.